The lowest BCUT2D eigenvalue weighted by molar-refractivity contribution is -0.137. The molecule has 0 aromatic carbocycles. The van der Waals surface area contributed by atoms with Crippen molar-refractivity contribution in [1.29, 1.82) is 0 Å². The zero-order valence-corrected chi connectivity index (χ0v) is 14.0. The van der Waals surface area contributed by atoms with Gasteiger partial charge in [0.15, 0.2) is 0 Å². The number of piperidine rings is 1. The van der Waals surface area contributed by atoms with E-state index in [-0.39, 0.29) is 30.6 Å². The van der Waals surface area contributed by atoms with Crippen LogP contribution in [-0.2, 0) is 14.4 Å². The Morgan fingerprint density at radius 2 is 2.30 bits per heavy atom. The fraction of sp³-hybridized carbons (Fsp3) is 0.600. The van der Waals surface area contributed by atoms with Crippen LogP contribution in [0.4, 0.5) is 0 Å². The molecule has 1 fully saturated rings. The molecule has 8 heteroatoms. The molecule has 3 N–H and O–H groups in total. The number of hydrogen-bond acceptors (Lipinski definition) is 5. The standard InChI is InChI=1S/C15H22N4O3S/c1-10(20)18-12(4-5-13(16)21)15(22)19-7-2-3-11(9-19)14-17-6-8-23-14/h6,8,11-12H,2-5,7,9H2,1H3,(H2,16,21)(H,18,20)/t11-,12-/m0/s1. The van der Waals surface area contributed by atoms with Gasteiger partial charge in [-0.25, -0.2) is 4.98 Å². The molecule has 0 saturated carbocycles. The summed E-state index contributed by atoms with van der Waals surface area (Å²) < 4.78 is 0. The summed E-state index contributed by atoms with van der Waals surface area (Å²) in [6.07, 6.45) is 3.97. The first-order chi connectivity index (χ1) is 11.0. The third-order valence-electron chi connectivity index (χ3n) is 3.89. The highest BCUT2D eigenvalue weighted by atomic mass is 32.1. The molecule has 2 rings (SSSR count). The van der Waals surface area contributed by atoms with Gasteiger partial charge in [0.2, 0.25) is 17.7 Å². The van der Waals surface area contributed by atoms with Crippen molar-refractivity contribution in [1.82, 2.24) is 15.2 Å². The number of hydrogen-bond donors (Lipinski definition) is 2. The van der Waals surface area contributed by atoms with E-state index in [4.69, 9.17) is 5.73 Å². The van der Waals surface area contributed by atoms with E-state index in [2.05, 4.69) is 10.3 Å². The van der Waals surface area contributed by atoms with Crippen LogP contribution in [0.15, 0.2) is 11.6 Å². The number of carbonyl (C=O) groups excluding carboxylic acids is 3. The number of carbonyl (C=O) groups is 3. The van der Waals surface area contributed by atoms with Gasteiger partial charge in [-0.1, -0.05) is 0 Å². The van der Waals surface area contributed by atoms with E-state index < -0.39 is 11.9 Å². The Labute approximate surface area is 139 Å². The Morgan fingerprint density at radius 1 is 1.52 bits per heavy atom. The minimum Gasteiger partial charge on any atom is -0.370 e. The van der Waals surface area contributed by atoms with Crippen molar-refractivity contribution < 1.29 is 14.4 Å². The average Bonchev–Trinajstić information content (AvgIpc) is 3.05. The fourth-order valence-electron chi connectivity index (χ4n) is 2.82. The molecule has 23 heavy (non-hydrogen) atoms. The summed E-state index contributed by atoms with van der Waals surface area (Å²) in [5, 5.41) is 5.60. The van der Waals surface area contributed by atoms with Crippen molar-refractivity contribution in [3.05, 3.63) is 16.6 Å². The van der Waals surface area contributed by atoms with Gasteiger partial charge >= 0.3 is 0 Å². The van der Waals surface area contributed by atoms with Crippen molar-refractivity contribution in [3.63, 3.8) is 0 Å². The Kier molecular flexibility index (Phi) is 6.09. The van der Waals surface area contributed by atoms with Gasteiger partial charge in [-0.3, -0.25) is 14.4 Å². The van der Waals surface area contributed by atoms with Crippen LogP contribution >= 0.6 is 11.3 Å². The van der Waals surface area contributed by atoms with Gasteiger partial charge in [0.25, 0.3) is 0 Å². The number of nitrogens with one attached hydrogen (secondary N) is 1. The molecule has 1 aliphatic rings. The lowest BCUT2D eigenvalue weighted by atomic mass is 9.97. The van der Waals surface area contributed by atoms with E-state index in [1.807, 2.05) is 5.38 Å². The lowest BCUT2D eigenvalue weighted by Crippen LogP contribution is -2.50. The number of rotatable bonds is 6. The SMILES string of the molecule is CC(=O)N[C@@H](CCC(N)=O)C(=O)N1CCC[C@H](c2nccs2)C1. The minimum absolute atomic E-state index is 0.0699. The molecule has 2 heterocycles. The third kappa shape index (κ3) is 5.02. The van der Waals surface area contributed by atoms with Crippen LogP contribution in [-0.4, -0.2) is 46.7 Å². The Balaban J connectivity index is 2.02. The molecular weight excluding hydrogens is 316 g/mol. The Morgan fingerprint density at radius 3 is 2.91 bits per heavy atom. The summed E-state index contributed by atoms with van der Waals surface area (Å²) in [7, 11) is 0. The predicted molar refractivity (Wildman–Crippen MR) is 86.7 cm³/mol. The van der Waals surface area contributed by atoms with Gasteiger partial charge < -0.3 is 16.0 Å². The quantitative estimate of drug-likeness (QED) is 0.793. The van der Waals surface area contributed by atoms with Crippen molar-refractivity contribution in [2.75, 3.05) is 13.1 Å². The Bertz CT molecular complexity index is 561. The zero-order chi connectivity index (χ0) is 16.8. The van der Waals surface area contributed by atoms with E-state index >= 15 is 0 Å². The minimum atomic E-state index is -0.699. The smallest absolute Gasteiger partial charge is 0.245 e. The number of thiazole rings is 1. The summed E-state index contributed by atoms with van der Waals surface area (Å²) in [6, 6.07) is -0.699. The number of likely N-dealkylation sites (tertiary alicyclic amines) is 1. The second-order valence-electron chi connectivity index (χ2n) is 5.75. The summed E-state index contributed by atoms with van der Waals surface area (Å²) >= 11 is 1.60. The van der Waals surface area contributed by atoms with Crippen LogP contribution < -0.4 is 11.1 Å². The number of aromatic nitrogens is 1. The number of amides is 3. The molecule has 3 amide bonds. The first-order valence-electron chi connectivity index (χ1n) is 7.71. The summed E-state index contributed by atoms with van der Waals surface area (Å²) in [6.45, 7) is 2.62. The predicted octanol–water partition coefficient (Wildman–Crippen LogP) is 0.619. The molecule has 0 spiro atoms. The van der Waals surface area contributed by atoms with Crippen molar-refractivity contribution in [2.24, 2.45) is 5.73 Å². The first-order valence-corrected chi connectivity index (χ1v) is 8.59. The van der Waals surface area contributed by atoms with E-state index in [9.17, 15) is 14.4 Å². The molecule has 2 atom stereocenters. The molecule has 126 valence electrons. The number of nitrogens with zero attached hydrogens (tertiary/aromatic N) is 2. The molecule has 7 nitrogen and oxygen atoms in total. The van der Waals surface area contributed by atoms with Gasteiger partial charge in [0, 0.05) is 43.9 Å². The van der Waals surface area contributed by atoms with Crippen LogP contribution in [0.3, 0.4) is 0 Å². The van der Waals surface area contributed by atoms with Crippen LogP contribution in [0.1, 0.15) is 43.5 Å². The van der Waals surface area contributed by atoms with Gasteiger partial charge in [-0.15, -0.1) is 11.3 Å². The van der Waals surface area contributed by atoms with E-state index in [1.165, 1.54) is 6.92 Å². The van der Waals surface area contributed by atoms with Crippen molar-refractivity contribution in [2.45, 2.75) is 44.6 Å². The van der Waals surface area contributed by atoms with Crippen LogP contribution in [0, 0.1) is 0 Å². The molecule has 0 bridgehead atoms. The molecule has 0 radical (unpaired) electrons. The largest absolute Gasteiger partial charge is 0.370 e. The maximum atomic E-state index is 12.7. The van der Waals surface area contributed by atoms with Crippen molar-refractivity contribution in [3.8, 4) is 0 Å². The average molecular weight is 338 g/mol. The summed E-state index contributed by atoms with van der Waals surface area (Å²) in [5.74, 6) is -0.682. The second-order valence-corrected chi connectivity index (χ2v) is 6.68. The molecule has 0 aliphatic carbocycles. The summed E-state index contributed by atoms with van der Waals surface area (Å²) in [4.78, 5) is 41.1. The lowest BCUT2D eigenvalue weighted by Gasteiger charge is -2.34. The zero-order valence-electron chi connectivity index (χ0n) is 13.2. The molecule has 1 aromatic rings. The first kappa shape index (κ1) is 17.4. The number of nitrogens with two attached hydrogens (primary N) is 1. The molecule has 1 aliphatic heterocycles. The highest BCUT2D eigenvalue weighted by Gasteiger charge is 2.30. The highest BCUT2D eigenvalue weighted by molar-refractivity contribution is 7.09. The molecule has 1 aromatic heterocycles. The normalized spacial score (nSPS) is 19.2. The van der Waals surface area contributed by atoms with Crippen LogP contribution in [0.2, 0.25) is 0 Å². The van der Waals surface area contributed by atoms with Crippen LogP contribution in [0.5, 0.6) is 0 Å². The molecule has 1 saturated heterocycles. The number of primary amides is 1. The summed E-state index contributed by atoms with van der Waals surface area (Å²) in [5.41, 5.74) is 5.15. The maximum Gasteiger partial charge on any atom is 0.245 e. The monoisotopic (exact) mass is 338 g/mol. The van der Waals surface area contributed by atoms with Gasteiger partial charge in [0.05, 0.1) is 5.01 Å². The fourth-order valence-corrected chi connectivity index (χ4v) is 3.59. The molecule has 0 unspecified atom stereocenters. The topological polar surface area (TPSA) is 105 Å². The van der Waals surface area contributed by atoms with E-state index in [0.29, 0.717) is 13.1 Å². The van der Waals surface area contributed by atoms with E-state index in [1.54, 1.807) is 22.4 Å². The Hall–Kier alpha value is -1.96. The third-order valence-corrected chi connectivity index (χ3v) is 4.83. The van der Waals surface area contributed by atoms with Crippen molar-refractivity contribution >= 4 is 29.1 Å². The maximum absolute atomic E-state index is 12.7. The van der Waals surface area contributed by atoms with Gasteiger partial charge in [-0.2, -0.15) is 0 Å². The van der Waals surface area contributed by atoms with Gasteiger partial charge in [0.1, 0.15) is 6.04 Å². The van der Waals surface area contributed by atoms with Gasteiger partial charge in [-0.05, 0) is 19.3 Å². The van der Waals surface area contributed by atoms with Crippen LogP contribution in [0.25, 0.3) is 0 Å². The van der Waals surface area contributed by atoms with E-state index in [0.717, 1.165) is 17.8 Å². The second kappa shape index (κ2) is 8.05. The highest BCUT2D eigenvalue weighted by Crippen LogP contribution is 2.28. The molecular formula is C15H22N4O3S.